The molecule has 1 N–H and O–H groups in total. The number of hydrogen-bond acceptors (Lipinski definition) is 3. The summed E-state index contributed by atoms with van der Waals surface area (Å²) in [6, 6.07) is 0.767. The third-order valence-electron chi connectivity index (χ3n) is 4.28. The molecule has 100 valence electrons. The monoisotopic (exact) mass is 240 g/mol. The second kappa shape index (κ2) is 6.17. The van der Waals surface area contributed by atoms with Crippen molar-refractivity contribution in [1.29, 1.82) is 0 Å². The minimum atomic E-state index is 0.508. The summed E-state index contributed by atoms with van der Waals surface area (Å²) in [4.78, 5) is 2.73. The van der Waals surface area contributed by atoms with E-state index in [1.54, 1.807) is 0 Å². The molecule has 0 aromatic heterocycles. The van der Waals surface area contributed by atoms with E-state index in [2.05, 4.69) is 24.1 Å². The van der Waals surface area contributed by atoms with Gasteiger partial charge >= 0.3 is 0 Å². The maximum absolute atomic E-state index is 5.50. The van der Waals surface area contributed by atoms with Crippen LogP contribution in [0.25, 0.3) is 0 Å². The van der Waals surface area contributed by atoms with E-state index in [1.165, 1.54) is 45.4 Å². The van der Waals surface area contributed by atoms with E-state index in [1.807, 2.05) is 7.11 Å². The molecule has 3 heteroatoms. The van der Waals surface area contributed by atoms with Gasteiger partial charge in [-0.05, 0) is 44.2 Å². The van der Waals surface area contributed by atoms with Crippen molar-refractivity contribution in [2.45, 2.75) is 45.3 Å². The van der Waals surface area contributed by atoms with Crippen LogP contribution in [0.5, 0.6) is 0 Å². The first kappa shape index (κ1) is 13.3. The predicted octanol–water partition coefficient (Wildman–Crippen LogP) is 1.73. The third-order valence-corrected chi connectivity index (χ3v) is 4.28. The SMILES string of the molecule is COC1CCC(N2CC(C)CNCC(C)C2)C1. The molecule has 2 rings (SSSR count). The zero-order valence-corrected chi connectivity index (χ0v) is 11.6. The highest BCUT2D eigenvalue weighted by Crippen LogP contribution is 2.27. The molecule has 0 amide bonds. The van der Waals surface area contributed by atoms with Crippen molar-refractivity contribution in [3.63, 3.8) is 0 Å². The Balaban J connectivity index is 1.92. The summed E-state index contributed by atoms with van der Waals surface area (Å²) in [5.41, 5.74) is 0. The van der Waals surface area contributed by atoms with E-state index in [4.69, 9.17) is 4.74 Å². The highest BCUT2D eigenvalue weighted by atomic mass is 16.5. The molecule has 0 radical (unpaired) electrons. The zero-order valence-electron chi connectivity index (χ0n) is 11.6. The molecule has 0 spiro atoms. The zero-order chi connectivity index (χ0) is 12.3. The van der Waals surface area contributed by atoms with Crippen molar-refractivity contribution in [2.24, 2.45) is 11.8 Å². The van der Waals surface area contributed by atoms with Crippen molar-refractivity contribution < 1.29 is 4.74 Å². The first-order valence-electron chi connectivity index (χ1n) is 7.16. The molecule has 1 aliphatic carbocycles. The van der Waals surface area contributed by atoms with Gasteiger partial charge in [-0.25, -0.2) is 0 Å². The Morgan fingerprint density at radius 2 is 1.71 bits per heavy atom. The molecule has 2 aliphatic rings. The number of methoxy groups -OCH3 is 1. The highest BCUT2D eigenvalue weighted by molar-refractivity contribution is 4.86. The van der Waals surface area contributed by atoms with Crippen molar-refractivity contribution in [3.8, 4) is 0 Å². The van der Waals surface area contributed by atoms with Crippen LogP contribution in [0, 0.1) is 11.8 Å². The van der Waals surface area contributed by atoms with Crippen LogP contribution in [-0.4, -0.2) is 50.3 Å². The van der Waals surface area contributed by atoms with Gasteiger partial charge in [0, 0.05) is 26.2 Å². The molecule has 1 saturated carbocycles. The van der Waals surface area contributed by atoms with Crippen LogP contribution in [0.4, 0.5) is 0 Å². The van der Waals surface area contributed by atoms with E-state index in [0.29, 0.717) is 6.10 Å². The van der Waals surface area contributed by atoms with Crippen molar-refractivity contribution in [3.05, 3.63) is 0 Å². The van der Waals surface area contributed by atoms with E-state index < -0.39 is 0 Å². The van der Waals surface area contributed by atoms with Crippen molar-refractivity contribution >= 4 is 0 Å². The minimum absolute atomic E-state index is 0.508. The lowest BCUT2D eigenvalue weighted by Crippen LogP contribution is -2.46. The lowest BCUT2D eigenvalue weighted by molar-refractivity contribution is 0.0870. The first-order chi connectivity index (χ1) is 8.19. The van der Waals surface area contributed by atoms with Gasteiger partial charge in [-0.15, -0.1) is 0 Å². The molecule has 0 aromatic carbocycles. The van der Waals surface area contributed by atoms with E-state index in [0.717, 1.165) is 17.9 Å². The van der Waals surface area contributed by atoms with Gasteiger partial charge in [0.15, 0.2) is 0 Å². The first-order valence-corrected chi connectivity index (χ1v) is 7.16. The van der Waals surface area contributed by atoms with Crippen LogP contribution in [0.2, 0.25) is 0 Å². The second-order valence-electron chi connectivity index (χ2n) is 6.15. The molecule has 17 heavy (non-hydrogen) atoms. The lowest BCUT2D eigenvalue weighted by Gasteiger charge is -2.36. The van der Waals surface area contributed by atoms with Crippen LogP contribution in [0.3, 0.4) is 0 Å². The molecule has 4 unspecified atom stereocenters. The van der Waals surface area contributed by atoms with Gasteiger partial charge in [-0.1, -0.05) is 13.8 Å². The maximum atomic E-state index is 5.50. The Bertz CT molecular complexity index is 222. The minimum Gasteiger partial charge on any atom is -0.381 e. The second-order valence-corrected chi connectivity index (χ2v) is 6.15. The van der Waals surface area contributed by atoms with Crippen molar-refractivity contribution in [2.75, 3.05) is 33.3 Å². The topological polar surface area (TPSA) is 24.5 Å². The van der Waals surface area contributed by atoms with Gasteiger partial charge in [0.25, 0.3) is 0 Å². The van der Waals surface area contributed by atoms with Crippen molar-refractivity contribution in [1.82, 2.24) is 10.2 Å². The summed E-state index contributed by atoms with van der Waals surface area (Å²) >= 11 is 0. The number of ether oxygens (including phenoxy) is 1. The molecule has 2 fully saturated rings. The van der Waals surface area contributed by atoms with Crippen LogP contribution in [-0.2, 0) is 4.74 Å². The molecule has 4 atom stereocenters. The maximum Gasteiger partial charge on any atom is 0.0586 e. The Hall–Kier alpha value is -0.120. The molecule has 1 heterocycles. The number of nitrogens with one attached hydrogen (secondary N) is 1. The van der Waals surface area contributed by atoms with Crippen LogP contribution < -0.4 is 5.32 Å². The Labute approximate surface area is 106 Å². The Morgan fingerprint density at radius 3 is 2.24 bits per heavy atom. The fourth-order valence-corrected chi connectivity index (χ4v) is 3.34. The smallest absolute Gasteiger partial charge is 0.0586 e. The molecular formula is C14H28N2O. The van der Waals surface area contributed by atoms with Gasteiger partial charge in [0.05, 0.1) is 6.10 Å². The summed E-state index contributed by atoms with van der Waals surface area (Å²) < 4.78 is 5.50. The quantitative estimate of drug-likeness (QED) is 0.795. The summed E-state index contributed by atoms with van der Waals surface area (Å²) in [6.07, 6.45) is 4.32. The molecule has 0 aromatic rings. The summed E-state index contributed by atoms with van der Waals surface area (Å²) in [7, 11) is 1.86. The predicted molar refractivity (Wildman–Crippen MR) is 71.2 cm³/mol. The van der Waals surface area contributed by atoms with Gasteiger partial charge in [0.1, 0.15) is 0 Å². The van der Waals surface area contributed by atoms with Crippen LogP contribution >= 0.6 is 0 Å². The molecule has 3 nitrogen and oxygen atoms in total. The van der Waals surface area contributed by atoms with Gasteiger partial charge in [-0.3, -0.25) is 4.90 Å². The highest BCUT2D eigenvalue weighted by Gasteiger charge is 2.31. The standard InChI is InChI=1S/C14H28N2O/c1-11-7-15-8-12(2)10-16(9-11)13-4-5-14(6-13)17-3/h11-15H,4-10H2,1-3H3. The average molecular weight is 240 g/mol. The van der Waals surface area contributed by atoms with Gasteiger partial charge in [-0.2, -0.15) is 0 Å². The van der Waals surface area contributed by atoms with E-state index in [9.17, 15) is 0 Å². The molecular weight excluding hydrogens is 212 g/mol. The van der Waals surface area contributed by atoms with Gasteiger partial charge in [0.2, 0.25) is 0 Å². The lowest BCUT2D eigenvalue weighted by atomic mass is 10.0. The normalized spacial score (nSPS) is 41.1. The summed E-state index contributed by atoms with van der Waals surface area (Å²) in [5, 5.41) is 3.57. The molecule has 0 bridgehead atoms. The summed E-state index contributed by atoms with van der Waals surface area (Å²) in [5.74, 6) is 1.54. The Morgan fingerprint density at radius 1 is 1.06 bits per heavy atom. The van der Waals surface area contributed by atoms with Crippen LogP contribution in [0.1, 0.15) is 33.1 Å². The Kier molecular flexibility index (Phi) is 4.83. The fourth-order valence-electron chi connectivity index (χ4n) is 3.34. The number of hydrogen-bond donors (Lipinski definition) is 1. The number of rotatable bonds is 2. The molecule has 1 aliphatic heterocycles. The third kappa shape index (κ3) is 3.67. The fraction of sp³-hybridized carbons (Fsp3) is 1.00. The molecule has 1 saturated heterocycles. The summed E-state index contributed by atoms with van der Waals surface area (Å²) in [6.45, 7) is 9.55. The number of nitrogens with zero attached hydrogens (tertiary/aromatic N) is 1. The van der Waals surface area contributed by atoms with E-state index >= 15 is 0 Å². The average Bonchev–Trinajstić information content (AvgIpc) is 2.74. The van der Waals surface area contributed by atoms with Crippen LogP contribution in [0.15, 0.2) is 0 Å². The van der Waals surface area contributed by atoms with Gasteiger partial charge < -0.3 is 10.1 Å². The van der Waals surface area contributed by atoms with E-state index in [-0.39, 0.29) is 0 Å². The largest absolute Gasteiger partial charge is 0.381 e.